The molecule has 4 heteroatoms. The highest BCUT2D eigenvalue weighted by molar-refractivity contribution is 6.14. The maximum absolute atomic E-state index is 6.55. The topological polar surface area (TPSA) is 42.2 Å². The highest BCUT2D eigenvalue weighted by Crippen LogP contribution is 2.43. The molecule has 3 heterocycles. The Bertz CT molecular complexity index is 2520. The Kier molecular flexibility index (Phi) is 6.10. The first-order valence-electron chi connectivity index (χ1n) is 15.4. The molecule has 0 saturated carbocycles. The van der Waals surface area contributed by atoms with Gasteiger partial charge in [0.2, 0.25) is 0 Å². The molecule has 0 unspecified atom stereocenters. The van der Waals surface area contributed by atoms with Crippen LogP contribution < -0.4 is 4.90 Å². The zero-order valence-corrected chi connectivity index (χ0v) is 24.8. The van der Waals surface area contributed by atoms with Crippen LogP contribution in [0.15, 0.2) is 168 Å². The standard InChI is InChI=1S/C42H27N3O/c1-3-10-28(11-4-1)29-19-22-33(23-20-29)45(32-13-5-2-6-14-32)34-26-36(40-35-15-7-8-16-38(35)46-39(40)27-34)37-24-21-31-18-17-30-12-9-25-43-41(30)42(31)44-37/h1-27H. The summed E-state index contributed by atoms with van der Waals surface area (Å²) < 4.78 is 6.55. The van der Waals surface area contributed by atoms with Gasteiger partial charge in [-0.25, -0.2) is 4.98 Å². The number of fused-ring (bicyclic) bond motifs is 6. The molecule has 3 aromatic heterocycles. The van der Waals surface area contributed by atoms with E-state index in [-0.39, 0.29) is 0 Å². The number of anilines is 3. The molecular formula is C42H27N3O. The van der Waals surface area contributed by atoms with Crippen molar-refractivity contribution in [3.8, 4) is 22.4 Å². The summed E-state index contributed by atoms with van der Waals surface area (Å²) in [4.78, 5) is 12.3. The number of hydrogen-bond donors (Lipinski definition) is 0. The summed E-state index contributed by atoms with van der Waals surface area (Å²) in [6, 6.07) is 54.8. The van der Waals surface area contributed by atoms with Crippen molar-refractivity contribution in [3.63, 3.8) is 0 Å². The third-order valence-corrected chi connectivity index (χ3v) is 8.68. The molecule has 0 amide bonds. The smallest absolute Gasteiger partial charge is 0.138 e. The van der Waals surface area contributed by atoms with Crippen molar-refractivity contribution in [2.45, 2.75) is 0 Å². The summed E-state index contributed by atoms with van der Waals surface area (Å²) in [7, 11) is 0. The van der Waals surface area contributed by atoms with Crippen molar-refractivity contribution in [1.29, 1.82) is 0 Å². The van der Waals surface area contributed by atoms with E-state index in [0.717, 1.165) is 72.1 Å². The van der Waals surface area contributed by atoms with Crippen LogP contribution in [0.1, 0.15) is 0 Å². The largest absolute Gasteiger partial charge is 0.456 e. The van der Waals surface area contributed by atoms with Gasteiger partial charge in [-0.15, -0.1) is 0 Å². The van der Waals surface area contributed by atoms with Crippen molar-refractivity contribution < 1.29 is 4.42 Å². The Morgan fingerprint density at radius 1 is 0.478 bits per heavy atom. The van der Waals surface area contributed by atoms with Crippen LogP contribution in [0, 0.1) is 0 Å². The van der Waals surface area contributed by atoms with E-state index >= 15 is 0 Å². The number of pyridine rings is 2. The second-order valence-electron chi connectivity index (χ2n) is 11.5. The molecule has 0 aliphatic heterocycles. The number of furan rings is 1. The SMILES string of the molecule is c1ccc(-c2ccc(N(c3ccccc3)c3cc(-c4ccc5ccc6cccnc6c5n4)c4c(c3)oc3ccccc34)cc2)cc1. The maximum atomic E-state index is 6.55. The minimum Gasteiger partial charge on any atom is -0.456 e. The summed E-state index contributed by atoms with van der Waals surface area (Å²) in [5.74, 6) is 0. The molecular weight excluding hydrogens is 562 g/mol. The third-order valence-electron chi connectivity index (χ3n) is 8.68. The van der Waals surface area contributed by atoms with Gasteiger partial charge in [-0.05, 0) is 59.7 Å². The zero-order chi connectivity index (χ0) is 30.5. The lowest BCUT2D eigenvalue weighted by Gasteiger charge is -2.26. The first kappa shape index (κ1) is 26.2. The lowest BCUT2D eigenvalue weighted by Crippen LogP contribution is -2.10. The predicted octanol–water partition coefficient (Wildman–Crippen LogP) is 11.5. The summed E-state index contributed by atoms with van der Waals surface area (Å²) in [5, 5.41) is 4.24. The Hall–Kier alpha value is -6.26. The summed E-state index contributed by atoms with van der Waals surface area (Å²) >= 11 is 0. The summed E-state index contributed by atoms with van der Waals surface area (Å²) in [6.45, 7) is 0. The average molecular weight is 590 g/mol. The first-order chi connectivity index (χ1) is 22.8. The van der Waals surface area contributed by atoms with Crippen LogP contribution in [-0.2, 0) is 0 Å². The molecule has 0 radical (unpaired) electrons. The molecule has 0 bridgehead atoms. The van der Waals surface area contributed by atoms with E-state index < -0.39 is 0 Å². The molecule has 9 rings (SSSR count). The minimum atomic E-state index is 0.813. The Morgan fingerprint density at radius 3 is 1.98 bits per heavy atom. The lowest BCUT2D eigenvalue weighted by molar-refractivity contribution is 0.669. The zero-order valence-electron chi connectivity index (χ0n) is 24.8. The van der Waals surface area contributed by atoms with Gasteiger partial charge in [-0.1, -0.05) is 103 Å². The molecule has 0 fully saturated rings. The second-order valence-corrected chi connectivity index (χ2v) is 11.5. The monoisotopic (exact) mass is 589 g/mol. The van der Waals surface area contributed by atoms with Gasteiger partial charge < -0.3 is 9.32 Å². The van der Waals surface area contributed by atoms with E-state index in [0.29, 0.717) is 0 Å². The number of rotatable bonds is 5. The highest BCUT2D eigenvalue weighted by atomic mass is 16.3. The van der Waals surface area contributed by atoms with Crippen LogP contribution in [0.4, 0.5) is 17.1 Å². The van der Waals surface area contributed by atoms with Crippen LogP contribution >= 0.6 is 0 Å². The average Bonchev–Trinajstić information content (AvgIpc) is 3.51. The van der Waals surface area contributed by atoms with Crippen LogP contribution in [-0.4, -0.2) is 9.97 Å². The van der Waals surface area contributed by atoms with Crippen molar-refractivity contribution in [2.75, 3.05) is 4.90 Å². The maximum Gasteiger partial charge on any atom is 0.138 e. The number of aromatic nitrogens is 2. The van der Waals surface area contributed by atoms with Crippen LogP contribution in [0.3, 0.4) is 0 Å². The molecule has 0 atom stereocenters. The summed E-state index contributed by atoms with van der Waals surface area (Å²) in [6.07, 6.45) is 1.83. The van der Waals surface area contributed by atoms with Crippen molar-refractivity contribution >= 4 is 60.8 Å². The van der Waals surface area contributed by atoms with Gasteiger partial charge in [0, 0.05) is 50.7 Å². The molecule has 4 nitrogen and oxygen atoms in total. The van der Waals surface area contributed by atoms with Gasteiger partial charge in [0.25, 0.3) is 0 Å². The van der Waals surface area contributed by atoms with E-state index in [9.17, 15) is 0 Å². The third kappa shape index (κ3) is 4.39. The quantitative estimate of drug-likeness (QED) is 0.187. The van der Waals surface area contributed by atoms with Crippen molar-refractivity contribution in [2.24, 2.45) is 0 Å². The first-order valence-corrected chi connectivity index (χ1v) is 15.4. The fraction of sp³-hybridized carbons (Fsp3) is 0. The van der Waals surface area contributed by atoms with Crippen molar-refractivity contribution in [3.05, 3.63) is 164 Å². The molecule has 0 N–H and O–H groups in total. The van der Waals surface area contributed by atoms with Gasteiger partial charge in [-0.3, -0.25) is 4.98 Å². The van der Waals surface area contributed by atoms with E-state index in [2.05, 4.69) is 132 Å². The predicted molar refractivity (Wildman–Crippen MR) is 190 cm³/mol. The fourth-order valence-corrected chi connectivity index (χ4v) is 6.50. The van der Waals surface area contributed by atoms with Gasteiger partial charge >= 0.3 is 0 Å². The summed E-state index contributed by atoms with van der Waals surface area (Å²) in [5.41, 5.74) is 10.8. The normalized spacial score (nSPS) is 11.5. The van der Waals surface area contributed by atoms with Crippen LogP contribution in [0.5, 0.6) is 0 Å². The second kappa shape index (κ2) is 10.7. The van der Waals surface area contributed by atoms with Crippen molar-refractivity contribution in [1.82, 2.24) is 9.97 Å². The Balaban J connectivity index is 1.29. The molecule has 0 spiro atoms. The number of hydrogen-bond acceptors (Lipinski definition) is 4. The number of benzene rings is 6. The minimum absolute atomic E-state index is 0.813. The number of nitrogens with zero attached hydrogens (tertiary/aromatic N) is 3. The molecule has 9 aromatic rings. The fourth-order valence-electron chi connectivity index (χ4n) is 6.50. The number of para-hydroxylation sites is 2. The molecule has 0 aliphatic rings. The molecule has 0 saturated heterocycles. The lowest BCUT2D eigenvalue weighted by atomic mass is 10.00. The Morgan fingerprint density at radius 2 is 1.15 bits per heavy atom. The Labute approximate surface area is 265 Å². The molecule has 6 aromatic carbocycles. The molecule has 46 heavy (non-hydrogen) atoms. The van der Waals surface area contributed by atoms with Gasteiger partial charge in [0.15, 0.2) is 0 Å². The van der Waals surface area contributed by atoms with E-state index in [1.165, 1.54) is 11.1 Å². The van der Waals surface area contributed by atoms with E-state index in [1.807, 2.05) is 36.5 Å². The van der Waals surface area contributed by atoms with Gasteiger partial charge in [0.1, 0.15) is 11.2 Å². The van der Waals surface area contributed by atoms with Crippen LogP contribution in [0.25, 0.3) is 66.1 Å². The van der Waals surface area contributed by atoms with E-state index in [1.54, 1.807) is 0 Å². The van der Waals surface area contributed by atoms with Gasteiger partial charge in [0.05, 0.1) is 22.4 Å². The molecule has 216 valence electrons. The van der Waals surface area contributed by atoms with E-state index in [4.69, 9.17) is 14.4 Å². The van der Waals surface area contributed by atoms with Gasteiger partial charge in [-0.2, -0.15) is 0 Å². The highest BCUT2D eigenvalue weighted by Gasteiger charge is 2.20. The van der Waals surface area contributed by atoms with Crippen LogP contribution in [0.2, 0.25) is 0 Å². The molecule has 0 aliphatic carbocycles.